The van der Waals surface area contributed by atoms with Gasteiger partial charge in [-0.1, -0.05) is 16.8 Å². The molecule has 0 aliphatic heterocycles. The number of halogens is 1. The Morgan fingerprint density at radius 2 is 2.33 bits per heavy atom. The lowest BCUT2D eigenvalue weighted by Crippen LogP contribution is -2.06. The van der Waals surface area contributed by atoms with Gasteiger partial charge in [0.1, 0.15) is 5.69 Å². The van der Waals surface area contributed by atoms with Crippen molar-refractivity contribution in [2.75, 3.05) is 6.54 Å². The number of hydrogen-bond donors (Lipinski definition) is 1. The van der Waals surface area contributed by atoms with Gasteiger partial charge in [0.25, 0.3) is 0 Å². The SMILES string of the molecule is NCCCn1cc(-c2ccc(Cl)s2)nn1. The molecule has 0 aliphatic carbocycles. The Hall–Kier alpha value is -0.910. The van der Waals surface area contributed by atoms with E-state index < -0.39 is 0 Å². The number of thiophene rings is 1. The van der Waals surface area contributed by atoms with Crippen LogP contribution >= 0.6 is 22.9 Å². The van der Waals surface area contributed by atoms with Crippen molar-refractivity contribution >= 4 is 22.9 Å². The van der Waals surface area contributed by atoms with Crippen LogP contribution in [0.1, 0.15) is 6.42 Å². The van der Waals surface area contributed by atoms with Gasteiger partial charge in [-0.05, 0) is 25.1 Å². The second-order valence-corrected chi connectivity index (χ2v) is 4.83. The fraction of sp³-hybridized carbons (Fsp3) is 0.333. The summed E-state index contributed by atoms with van der Waals surface area (Å²) in [6, 6.07) is 3.81. The molecule has 0 bridgehead atoms. The Balaban J connectivity index is 2.13. The highest BCUT2D eigenvalue weighted by molar-refractivity contribution is 7.19. The Morgan fingerprint density at radius 1 is 1.47 bits per heavy atom. The average Bonchev–Trinajstić information content (AvgIpc) is 2.83. The van der Waals surface area contributed by atoms with E-state index in [1.165, 1.54) is 11.3 Å². The third kappa shape index (κ3) is 2.56. The zero-order valence-corrected chi connectivity index (χ0v) is 9.63. The molecule has 0 aromatic carbocycles. The first-order valence-electron chi connectivity index (χ1n) is 4.65. The van der Waals surface area contributed by atoms with Crippen LogP contribution in [0.25, 0.3) is 10.6 Å². The van der Waals surface area contributed by atoms with Gasteiger partial charge in [0.2, 0.25) is 0 Å². The minimum atomic E-state index is 0.667. The monoisotopic (exact) mass is 242 g/mol. The van der Waals surface area contributed by atoms with E-state index in [9.17, 15) is 0 Å². The van der Waals surface area contributed by atoms with Crippen molar-refractivity contribution in [2.45, 2.75) is 13.0 Å². The highest BCUT2D eigenvalue weighted by Crippen LogP contribution is 2.29. The van der Waals surface area contributed by atoms with Gasteiger partial charge in [-0.25, -0.2) is 0 Å². The van der Waals surface area contributed by atoms with Crippen LogP contribution in [0.3, 0.4) is 0 Å². The summed E-state index contributed by atoms with van der Waals surface area (Å²) in [7, 11) is 0. The molecular weight excluding hydrogens is 232 g/mol. The average molecular weight is 243 g/mol. The fourth-order valence-electron chi connectivity index (χ4n) is 1.23. The highest BCUT2D eigenvalue weighted by atomic mass is 35.5. The highest BCUT2D eigenvalue weighted by Gasteiger charge is 2.05. The first kappa shape index (κ1) is 10.6. The summed E-state index contributed by atoms with van der Waals surface area (Å²) in [4.78, 5) is 1.04. The number of hydrogen-bond acceptors (Lipinski definition) is 4. The zero-order valence-electron chi connectivity index (χ0n) is 8.06. The Kier molecular flexibility index (Phi) is 3.35. The summed E-state index contributed by atoms with van der Waals surface area (Å²) in [6.45, 7) is 1.47. The number of aromatic nitrogens is 3. The summed E-state index contributed by atoms with van der Waals surface area (Å²) in [5.74, 6) is 0. The second-order valence-electron chi connectivity index (χ2n) is 3.11. The Labute approximate surface area is 96.7 Å². The number of nitrogens with two attached hydrogens (primary N) is 1. The largest absolute Gasteiger partial charge is 0.330 e. The summed E-state index contributed by atoms with van der Waals surface area (Å²) in [5, 5.41) is 8.09. The summed E-state index contributed by atoms with van der Waals surface area (Å²) < 4.78 is 2.57. The van der Waals surface area contributed by atoms with Crippen molar-refractivity contribution in [1.82, 2.24) is 15.0 Å². The molecule has 0 radical (unpaired) electrons. The first-order chi connectivity index (χ1) is 7.29. The van der Waals surface area contributed by atoms with E-state index >= 15 is 0 Å². The molecule has 2 aromatic heterocycles. The van der Waals surface area contributed by atoms with Gasteiger partial charge in [0, 0.05) is 6.54 Å². The van der Waals surface area contributed by atoms with E-state index in [4.69, 9.17) is 17.3 Å². The van der Waals surface area contributed by atoms with Crippen molar-refractivity contribution in [1.29, 1.82) is 0 Å². The molecule has 2 rings (SSSR count). The van der Waals surface area contributed by atoms with Crippen LogP contribution in [0.15, 0.2) is 18.3 Å². The van der Waals surface area contributed by atoms with E-state index in [1.807, 2.05) is 18.3 Å². The topological polar surface area (TPSA) is 56.7 Å². The molecule has 80 valence electrons. The van der Waals surface area contributed by atoms with Crippen LogP contribution in [0, 0.1) is 0 Å². The maximum Gasteiger partial charge on any atom is 0.123 e. The van der Waals surface area contributed by atoms with Crippen LogP contribution in [0.5, 0.6) is 0 Å². The minimum Gasteiger partial charge on any atom is -0.330 e. The van der Waals surface area contributed by atoms with Gasteiger partial charge in [0.05, 0.1) is 15.4 Å². The minimum absolute atomic E-state index is 0.667. The summed E-state index contributed by atoms with van der Waals surface area (Å²) in [6.07, 6.45) is 2.83. The molecule has 2 N–H and O–H groups in total. The molecule has 0 fully saturated rings. The lowest BCUT2D eigenvalue weighted by Gasteiger charge is -1.95. The van der Waals surface area contributed by atoms with Crippen LogP contribution in [-0.2, 0) is 6.54 Å². The van der Waals surface area contributed by atoms with Gasteiger partial charge in [0.15, 0.2) is 0 Å². The third-order valence-corrected chi connectivity index (χ3v) is 3.21. The van der Waals surface area contributed by atoms with Crippen molar-refractivity contribution in [2.24, 2.45) is 5.73 Å². The second kappa shape index (κ2) is 4.74. The first-order valence-corrected chi connectivity index (χ1v) is 5.85. The molecule has 6 heteroatoms. The van der Waals surface area contributed by atoms with Gasteiger partial charge in [-0.2, -0.15) is 0 Å². The van der Waals surface area contributed by atoms with Gasteiger partial charge < -0.3 is 5.73 Å². The van der Waals surface area contributed by atoms with Crippen LogP contribution in [0.2, 0.25) is 4.34 Å². The van der Waals surface area contributed by atoms with Gasteiger partial charge in [-0.3, -0.25) is 4.68 Å². The van der Waals surface area contributed by atoms with Gasteiger partial charge >= 0.3 is 0 Å². The Morgan fingerprint density at radius 3 is 3.00 bits per heavy atom. The molecule has 2 heterocycles. The van der Waals surface area contributed by atoms with Crippen LogP contribution in [-0.4, -0.2) is 21.5 Å². The smallest absolute Gasteiger partial charge is 0.123 e. The van der Waals surface area contributed by atoms with Crippen molar-refractivity contribution in [3.05, 3.63) is 22.7 Å². The van der Waals surface area contributed by atoms with Crippen molar-refractivity contribution in [3.63, 3.8) is 0 Å². The number of nitrogens with zero attached hydrogens (tertiary/aromatic N) is 3. The number of rotatable bonds is 4. The van der Waals surface area contributed by atoms with Crippen LogP contribution < -0.4 is 5.73 Å². The lowest BCUT2D eigenvalue weighted by atomic mass is 10.4. The zero-order chi connectivity index (χ0) is 10.7. The Bertz CT molecular complexity index is 437. The van der Waals surface area contributed by atoms with Crippen LogP contribution in [0.4, 0.5) is 0 Å². The molecule has 0 spiro atoms. The third-order valence-electron chi connectivity index (χ3n) is 1.96. The molecule has 0 saturated carbocycles. The predicted molar refractivity (Wildman–Crippen MR) is 62.0 cm³/mol. The quantitative estimate of drug-likeness (QED) is 0.892. The standard InChI is InChI=1S/C9H11ClN4S/c10-9-3-2-8(15-9)7-6-14(13-12-7)5-1-4-11/h2-3,6H,1,4-5,11H2. The molecule has 4 nitrogen and oxygen atoms in total. The molecule has 15 heavy (non-hydrogen) atoms. The van der Waals surface area contributed by atoms with Crippen molar-refractivity contribution in [3.8, 4) is 10.6 Å². The molecule has 0 atom stereocenters. The maximum absolute atomic E-state index is 5.85. The predicted octanol–water partition coefficient (Wildman–Crippen LogP) is 2.01. The lowest BCUT2D eigenvalue weighted by molar-refractivity contribution is 0.564. The molecule has 2 aromatic rings. The van der Waals surface area contributed by atoms with E-state index in [1.54, 1.807) is 4.68 Å². The van der Waals surface area contributed by atoms with E-state index in [-0.39, 0.29) is 0 Å². The summed E-state index contributed by atoms with van der Waals surface area (Å²) in [5.41, 5.74) is 6.29. The van der Waals surface area contributed by atoms with E-state index in [0.29, 0.717) is 6.54 Å². The van der Waals surface area contributed by atoms with E-state index in [2.05, 4.69) is 10.3 Å². The molecule has 0 saturated heterocycles. The van der Waals surface area contributed by atoms with Crippen molar-refractivity contribution < 1.29 is 0 Å². The summed E-state index contributed by atoms with van der Waals surface area (Å²) >= 11 is 7.35. The van der Waals surface area contributed by atoms with E-state index in [0.717, 1.165) is 27.9 Å². The molecule has 0 aliphatic rings. The maximum atomic E-state index is 5.85. The normalized spacial score (nSPS) is 10.8. The number of aryl methyl sites for hydroxylation is 1. The molecule has 0 unspecified atom stereocenters. The molecular formula is C9H11ClN4S. The molecule has 0 amide bonds. The van der Waals surface area contributed by atoms with Gasteiger partial charge in [-0.15, -0.1) is 16.4 Å². The fourth-order valence-corrected chi connectivity index (χ4v) is 2.22.